The highest BCUT2D eigenvalue weighted by atomic mass is 19.1. The van der Waals surface area contributed by atoms with Gasteiger partial charge in [0.25, 0.3) is 0 Å². The van der Waals surface area contributed by atoms with Crippen molar-refractivity contribution in [2.45, 2.75) is 12.8 Å². The van der Waals surface area contributed by atoms with Gasteiger partial charge in [0.15, 0.2) is 5.78 Å². The van der Waals surface area contributed by atoms with Crippen LogP contribution in [0.5, 0.6) is 0 Å². The summed E-state index contributed by atoms with van der Waals surface area (Å²) in [5.74, 6) is -0.764. The summed E-state index contributed by atoms with van der Waals surface area (Å²) in [4.78, 5) is 11.9. The number of nitriles is 1. The van der Waals surface area contributed by atoms with E-state index in [0.717, 1.165) is 11.6 Å². The van der Waals surface area contributed by atoms with E-state index in [0.29, 0.717) is 18.4 Å². The summed E-state index contributed by atoms with van der Waals surface area (Å²) in [6.45, 7) is 0. The van der Waals surface area contributed by atoms with Gasteiger partial charge in [-0.05, 0) is 30.2 Å². The van der Waals surface area contributed by atoms with E-state index in [1.807, 2.05) is 30.3 Å². The van der Waals surface area contributed by atoms with Gasteiger partial charge in [0.05, 0.1) is 5.56 Å². The molecule has 0 heterocycles. The Hall–Kier alpha value is -2.47. The molecular weight excluding hydrogens is 241 g/mol. The molecule has 94 valence electrons. The second kappa shape index (κ2) is 5.92. The van der Waals surface area contributed by atoms with Crippen LogP contribution in [0, 0.1) is 17.1 Å². The molecule has 0 N–H and O–H groups in total. The van der Waals surface area contributed by atoms with E-state index >= 15 is 0 Å². The van der Waals surface area contributed by atoms with Crippen LogP contribution in [-0.4, -0.2) is 5.78 Å². The summed E-state index contributed by atoms with van der Waals surface area (Å²) in [6, 6.07) is 15.4. The molecule has 0 aliphatic carbocycles. The van der Waals surface area contributed by atoms with Crippen LogP contribution in [0.4, 0.5) is 4.39 Å². The SMILES string of the molecule is N#Cc1ccc(C(=O)CCc2ccccc2)cc1F. The first-order valence-electron chi connectivity index (χ1n) is 5.97. The molecule has 0 unspecified atom stereocenters. The number of halogens is 1. The van der Waals surface area contributed by atoms with Crippen molar-refractivity contribution in [3.63, 3.8) is 0 Å². The Balaban J connectivity index is 2.05. The fraction of sp³-hybridized carbons (Fsp3) is 0.125. The number of nitrogens with zero attached hydrogens (tertiary/aromatic N) is 1. The number of rotatable bonds is 4. The molecule has 0 saturated heterocycles. The largest absolute Gasteiger partial charge is 0.294 e. The first-order chi connectivity index (χ1) is 9.20. The standard InChI is InChI=1S/C16H12FNO/c17-15-10-13(7-8-14(15)11-18)16(19)9-6-12-4-2-1-3-5-12/h1-5,7-8,10H,6,9H2. The second-order valence-electron chi connectivity index (χ2n) is 4.22. The van der Waals surface area contributed by atoms with Gasteiger partial charge in [-0.25, -0.2) is 4.39 Å². The third-order valence-electron chi connectivity index (χ3n) is 2.90. The molecule has 0 bridgehead atoms. The molecule has 2 nitrogen and oxygen atoms in total. The number of Topliss-reactive ketones (excluding diaryl/α,β-unsaturated/α-hetero) is 1. The number of carbonyl (C=O) groups is 1. The molecule has 19 heavy (non-hydrogen) atoms. The Morgan fingerprint density at radius 1 is 1.16 bits per heavy atom. The van der Waals surface area contributed by atoms with Crippen molar-refractivity contribution in [3.8, 4) is 6.07 Å². The first kappa shape index (κ1) is 13.0. The van der Waals surface area contributed by atoms with E-state index < -0.39 is 5.82 Å². The monoisotopic (exact) mass is 253 g/mol. The smallest absolute Gasteiger partial charge is 0.163 e. The maximum Gasteiger partial charge on any atom is 0.163 e. The quantitative estimate of drug-likeness (QED) is 0.782. The van der Waals surface area contributed by atoms with E-state index in [-0.39, 0.29) is 11.3 Å². The fourth-order valence-corrected chi connectivity index (χ4v) is 1.83. The van der Waals surface area contributed by atoms with Crippen LogP contribution in [0.25, 0.3) is 0 Å². The van der Waals surface area contributed by atoms with Gasteiger partial charge >= 0.3 is 0 Å². The average Bonchev–Trinajstić information content (AvgIpc) is 2.45. The highest BCUT2D eigenvalue weighted by Gasteiger charge is 2.09. The number of aryl methyl sites for hydroxylation is 1. The first-order valence-corrected chi connectivity index (χ1v) is 5.97. The maximum atomic E-state index is 13.4. The minimum Gasteiger partial charge on any atom is -0.294 e. The van der Waals surface area contributed by atoms with Gasteiger partial charge in [-0.1, -0.05) is 30.3 Å². The van der Waals surface area contributed by atoms with E-state index in [9.17, 15) is 9.18 Å². The maximum absolute atomic E-state index is 13.4. The summed E-state index contributed by atoms with van der Waals surface area (Å²) in [6.07, 6.45) is 0.955. The molecular formula is C16H12FNO. The lowest BCUT2D eigenvalue weighted by Gasteiger charge is -2.02. The molecule has 0 spiro atoms. The van der Waals surface area contributed by atoms with Gasteiger partial charge in [-0.15, -0.1) is 0 Å². The van der Waals surface area contributed by atoms with Crippen molar-refractivity contribution in [2.24, 2.45) is 0 Å². The molecule has 0 aromatic heterocycles. The highest BCUT2D eigenvalue weighted by molar-refractivity contribution is 5.96. The van der Waals surface area contributed by atoms with Gasteiger partial charge in [-0.3, -0.25) is 4.79 Å². The molecule has 0 radical (unpaired) electrons. The number of ketones is 1. The van der Waals surface area contributed by atoms with Crippen molar-refractivity contribution in [2.75, 3.05) is 0 Å². The molecule has 0 aliphatic rings. The summed E-state index contributed by atoms with van der Waals surface area (Å²) in [7, 11) is 0. The van der Waals surface area contributed by atoms with Crippen LogP contribution >= 0.6 is 0 Å². The highest BCUT2D eigenvalue weighted by Crippen LogP contribution is 2.13. The normalized spacial score (nSPS) is 9.89. The minimum atomic E-state index is -0.645. The van der Waals surface area contributed by atoms with Crippen molar-refractivity contribution < 1.29 is 9.18 Å². The van der Waals surface area contributed by atoms with Crippen LogP contribution < -0.4 is 0 Å². The predicted molar refractivity (Wildman–Crippen MR) is 70.2 cm³/mol. The molecule has 0 amide bonds. The fourth-order valence-electron chi connectivity index (χ4n) is 1.83. The third-order valence-corrected chi connectivity index (χ3v) is 2.90. The van der Waals surface area contributed by atoms with Gasteiger partial charge in [0.1, 0.15) is 11.9 Å². The van der Waals surface area contributed by atoms with Gasteiger partial charge < -0.3 is 0 Å². The Kier molecular flexibility index (Phi) is 4.04. The Morgan fingerprint density at radius 2 is 1.89 bits per heavy atom. The van der Waals surface area contributed by atoms with Crippen molar-refractivity contribution in [3.05, 3.63) is 71.0 Å². The molecule has 0 aliphatic heterocycles. The summed E-state index contributed by atoms with van der Waals surface area (Å²) in [5, 5.41) is 8.63. The van der Waals surface area contributed by atoms with Crippen LogP contribution in [0.3, 0.4) is 0 Å². The van der Waals surface area contributed by atoms with E-state index in [1.54, 1.807) is 6.07 Å². The van der Waals surface area contributed by atoms with Crippen LogP contribution in [0.2, 0.25) is 0 Å². The summed E-state index contributed by atoms with van der Waals surface area (Å²) >= 11 is 0. The van der Waals surface area contributed by atoms with Crippen LogP contribution in [0.1, 0.15) is 27.9 Å². The molecule has 0 fully saturated rings. The lowest BCUT2D eigenvalue weighted by molar-refractivity contribution is 0.0982. The van der Waals surface area contributed by atoms with Crippen LogP contribution in [-0.2, 0) is 6.42 Å². The molecule has 2 rings (SSSR count). The zero-order valence-electron chi connectivity index (χ0n) is 10.3. The Morgan fingerprint density at radius 3 is 2.53 bits per heavy atom. The topological polar surface area (TPSA) is 40.9 Å². The number of hydrogen-bond donors (Lipinski definition) is 0. The average molecular weight is 253 g/mol. The number of carbonyl (C=O) groups excluding carboxylic acids is 1. The third kappa shape index (κ3) is 3.26. The summed E-state index contributed by atoms with van der Waals surface area (Å²) < 4.78 is 13.4. The lowest BCUT2D eigenvalue weighted by atomic mass is 10.0. The summed E-state index contributed by atoms with van der Waals surface area (Å²) in [5.41, 5.74) is 1.34. The van der Waals surface area contributed by atoms with E-state index in [1.165, 1.54) is 12.1 Å². The molecule has 0 atom stereocenters. The van der Waals surface area contributed by atoms with Crippen molar-refractivity contribution >= 4 is 5.78 Å². The zero-order valence-corrected chi connectivity index (χ0v) is 10.3. The van der Waals surface area contributed by atoms with Gasteiger partial charge in [0, 0.05) is 12.0 Å². The number of hydrogen-bond acceptors (Lipinski definition) is 2. The number of benzene rings is 2. The van der Waals surface area contributed by atoms with Crippen molar-refractivity contribution in [1.29, 1.82) is 5.26 Å². The molecule has 0 saturated carbocycles. The Bertz CT molecular complexity index is 629. The minimum absolute atomic E-state index is 0.0420. The van der Waals surface area contributed by atoms with E-state index in [4.69, 9.17) is 5.26 Å². The molecule has 2 aromatic carbocycles. The second-order valence-corrected chi connectivity index (χ2v) is 4.22. The lowest BCUT2D eigenvalue weighted by Crippen LogP contribution is -2.02. The van der Waals surface area contributed by atoms with Gasteiger partial charge in [0.2, 0.25) is 0 Å². The van der Waals surface area contributed by atoms with Crippen molar-refractivity contribution in [1.82, 2.24) is 0 Å². The molecule has 3 heteroatoms. The van der Waals surface area contributed by atoms with Crippen LogP contribution in [0.15, 0.2) is 48.5 Å². The zero-order chi connectivity index (χ0) is 13.7. The molecule has 2 aromatic rings. The Labute approximate surface area is 111 Å². The van der Waals surface area contributed by atoms with Gasteiger partial charge in [-0.2, -0.15) is 5.26 Å². The van der Waals surface area contributed by atoms with E-state index in [2.05, 4.69) is 0 Å². The predicted octanol–water partition coefficient (Wildman–Crippen LogP) is 3.51.